The number of benzene rings is 2. The van der Waals surface area contributed by atoms with Crippen molar-refractivity contribution in [1.82, 2.24) is 4.68 Å². The smallest absolute Gasteiger partial charge is 0.192 e. The van der Waals surface area contributed by atoms with E-state index < -0.39 is 0 Å². The second-order valence-electron chi connectivity index (χ2n) is 5.48. The topological polar surface area (TPSA) is 32.6 Å². The summed E-state index contributed by atoms with van der Waals surface area (Å²) in [5, 5.41) is 9.01. The molecule has 0 N–H and O–H groups in total. The normalized spacial score (nSPS) is 10.5. The number of nitriles is 1. The molecule has 1 aromatic heterocycles. The van der Waals surface area contributed by atoms with Gasteiger partial charge in [0.25, 0.3) is 0 Å². The molecule has 0 aliphatic rings. The quantitative estimate of drug-likeness (QED) is 0.665. The number of aromatic nitrogens is 2. The van der Waals surface area contributed by atoms with Gasteiger partial charge in [-0.15, -0.1) is 0 Å². The summed E-state index contributed by atoms with van der Waals surface area (Å²) >= 11 is 0. The SMILES string of the molecule is Cc1cc(C#N)ccc1-[n+]1cc(-c2ccccc2)c(C)n1C. The molecule has 1 heterocycles. The van der Waals surface area contributed by atoms with Crippen molar-refractivity contribution in [3.8, 4) is 22.9 Å². The predicted octanol–water partition coefficient (Wildman–Crippen LogP) is 3.46. The molecule has 0 saturated carbocycles. The Morgan fingerprint density at radius 3 is 2.41 bits per heavy atom. The van der Waals surface area contributed by atoms with E-state index in [2.05, 4.69) is 59.9 Å². The van der Waals surface area contributed by atoms with Crippen molar-refractivity contribution >= 4 is 0 Å². The monoisotopic (exact) mass is 288 g/mol. The van der Waals surface area contributed by atoms with Gasteiger partial charge in [-0.2, -0.15) is 9.94 Å². The molecule has 2 aromatic carbocycles. The number of rotatable bonds is 2. The van der Waals surface area contributed by atoms with Crippen molar-refractivity contribution < 1.29 is 4.68 Å². The summed E-state index contributed by atoms with van der Waals surface area (Å²) < 4.78 is 4.27. The van der Waals surface area contributed by atoms with E-state index in [1.54, 1.807) is 0 Å². The molecule has 0 atom stereocenters. The van der Waals surface area contributed by atoms with Gasteiger partial charge in [-0.25, -0.2) is 0 Å². The van der Waals surface area contributed by atoms with Gasteiger partial charge in [0.15, 0.2) is 0 Å². The van der Waals surface area contributed by atoms with Crippen LogP contribution in [0.1, 0.15) is 16.8 Å². The summed E-state index contributed by atoms with van der Waals surface area (Å²) in [5.41, 5.74) is 6.49. The maximum absolute atomic E-state index is 9.01. The summed E-state index contributed by atoms with van der Waals surface area (Å²) in [4.78, 5) is 0. The van der Waals surface area contributed by atoms with Gasteiger partial charge < -0.3 is 0 Å². The van der Waals surface area contributed by atoms with E-state index in [-0.39, 0.29) is 0 Å². The van der Waals surface area contributed by atoms with Crippen molar-refractivity contribution in [2.45, 2.75) is 13.8 Å². The zero-order chi connectivity index (χ0) is 15.7. The summed E-state index contributed by atoms with van der Waals surface area (Å²) in [6.45, 7) is 4.16. The van der Waals surface area contributed by atoms with Crippen LogP contribution in [0.15, 0.2) is 54.7 Å². The Morgan fingerprint density at radius 1 is 1.05 bits per heavy atom. The maximum atomic E-state index is 9.01. The Kier molecular flexibility index (Phi) is 3.52. The molecular formula is C19H18N3+. The van der Waals surface area contributed by atoms with Crippen LogP contribution in [-0.2, 0) is 7.05 Å². The summed E-state index contributed by atoms with van der Waals surface area (Å²) in [6, 6.07) is 18.4. The average molecular weight is 288 g/mol. The minimum atomic E-state index is 0.691. The van der Waals surface area contributed by atoms with Crippen molar-refractivity contribution in [2.24, 2.45) is 7.05 Å². The molecule has 108 valence electrons. The van der Waals surface area contributed by atoms with Crippen LogP contribution < -0.4 is 4.68 Å². The highest BCUT2D eigenvalue weighted by molar-refractivity contribution is 5.64. The van der Waals surface area contributed by atoms with E-state index >= 15 is 0 Å². The molecule has 0 fully saturated rings. The van der Waals surface area contributed by atoms with E-state index in [9.17, 15) is 0 Å². The van der Waals surface area contributed by atoms with Crippen molar-refractivity contribution in [2.75, 3.05) is 0 Å². The van der Waals surface area contributed by atoms with Crippen LogP contribution >= 0.6 is 0 Å². The molecule has 22 heavy (non-hydrogen) atoms. The third-order valence-corrected chi connectivity index (χ3v) is 4.11. The van der Waals surface area contributed by atoms with Crippen LogP contribution in [0.5, 0.6) is 0 Å². The molecule has 0 radical (unpaired) electrons. The highest BCUT2D eigenvalue weighted by Gasteiger charge is 2.21. The van der Waals surface area contributed by atoms with E-state index in [0.717, 1.165) is 11.3 Å². The number of hydrogen-bond donors (Lipinski definition) is 0. The first-order chi connectivity index (χ1) is 10.6. The highest BCUT2D eigenvalue weighted by Crippen LogP contribution is 2.22. The number of hydrogen-bond acceptors (Lipinski definition) is 1. The average Bonchev–Trinajstić information content (AvgIpc) is 2.84. The van der Waals surface area contributed by atoms with E-state index in [1.165, 1.54) is 16.8 Å². The first-order valence-electron chi connectivity index (χ1n) is 7.26. The minimum absolute atomic E-state index is 0.691. The fourth-order valence-corrected chi connectivity index (χ4v) is 2.75. The van der Waals surface area contributed by atoms with Crippen LogP contribution in [0.4, 0.5) is 0 Å². The lowest BCUT2D eigenvalue weighted by molar-refractivity contribution is -0.683. The lowest BCUT2D eigenvalue weighted by Gasteiger charge is -2.01. The number of nitrogens with zero attached hydrogens (tertiary/aromatic N) is 3. The lowest BCUT2D eigenvalue weighted by Crippen LogP contribution is -2.39. The van der Waals surface area contributed by atoms with Crippen LogP contribution in [-0.4, -0.2) is 4.68 Å². The zero-order valence-electron chi connectivity index (χ0n) is 13.0. The summed E-state index contributed by atoms with van der Waals surface area (Å²) in [5.74, 6) is 0. The molecule has 0 aliphatic carbocycles. The molecular weight excluding hydrogens is 270 g/mol. The van der Waals surface area contributed by atoms with Crippen molar-refractivity contribution in [3.63, 3.8) is 0 Å². The Morgan fingerprint density at radius 2 is 1.77 bits per heavy atom. The standard InChI is InChI=1S/C19H18N3/c1-14-11-16(12-20)9-10-19(14)22-13-18(15(2)21(22)3)17-7-5-4-6-8-17/h4-11,13H,1-3H3/q+1. The molecule has 3 aromatic rings. The molecule has 3 rings (SSSR count). The first-order valence-corrected chi connectivity index (χ1v) is 7.26. The minimum Gasteiger partial charge on any atom is -0.192 e. The van der Waals surface area contributed by atoms with Gasteiger partial charge >= 0.3 is 0 Å². The predicted molar refractivity (Wildman–Crippen MR) is 86.6 cm³/mol. The molecule has 3 heteroatoms. The van der Waals surface area contributed by atoms with Crippen molar-refractivity contribution in [3.05, 3.63) is 71.5 Å². The van der Waals surface area contributed by atoms with Crippen LogP contribution in [0, 0.1) is 25.2 Å². The van der Waals surface area contributed by atoms with Gasteiger partial charge in [0.2, 0.25) is 11.9 Å². The largest absolute Gasteiger partial charge is 0.238 e. The van der Waals surface area contributed by atoms with Crippen molar-refractivity contribution in [1.29, 1.82) is 5.26 Å². The molecule has 3 nitrogen and oxygen atoms in total. The van der Waals surface area contributed by atoms with Crippen LogP contribution in [0.3, 0.4) is 0 Å². The second-order valence-corrected chi connectivity index (χ2v) is 5.48. The molecule has 0 amide bonds. The zero-order valence-corrected chi connectivity index (χ0v) is 13.0. The van der Waals surface area contributed by atoms with E-state index in [0.29, 0.717) is 5.56 Å². The molecule has 0 aliphatic heterocycles. The fraction of sp³-hybridized carbons (Fsp3) is 0.158. The Bertz CT molecular complexity index is 868. The van der Waals surface area contributed by atoms with Crippen LogP contribution in [0.25, 0.3) is 16.8 Å². The van der Waals surface area contributed by atoms with E-state index in [1.807, 2.05) is 31.2 Å². The maximum Gasteiger partial charge on any atom is 0.238 e. The molecule has 0 saturated heterocycles. The van der Waals surface area contributed by atoms with Gasteiger partial charge in [-0.05, 0) is 31.5 Å². The Hall–Kier alpha value is -2.86. The van der Waals surface area contributed by atoms with Gasteiger partial charge in [0, 0.05) is 11.6 Å². The number of aryl methyl sites for hydroxylation is 1. The third-order valence-electron chi connectivity index (χ3n) is 4.11. The lowest BCUT2D eigenvalue weighted by atomic mass is 10.1. The third kappa shape index (κ3) is 2.29. The molecule has 0 unspecified atom stereocenters. The molecule has 0 spiro atoms. The highest BCUT2D eigenvalue weighted by atomic mass is 15.4. The summed E-state index contributed by atoms with van der Waals surface area (Å²) in [7, 11) is 2.05. The first kappa shape index (κ1) is 14.1. The summed E-state index contributed by atoms with van der Waals surface area (Å²) in [6.07, 6.45) is 2.15. The Balaban J connectivity index is 2.16. The van der Waals surface area contributed by atoms with E-state index in [4.69, 9.17) is 5.26 Å². The van der Waals surface area contributed by atoms with Gasteiger partial charge in [0.05, 0.1) is 29.9 Å². The second kappa shape index (κ2) is 5.50. The van der Waals surface area contributed by atoms with Gasteiger partial charge in [-0.3, -0.25) is 0 Å². The van der Waals surface area contributed by atoms with Gasteiger partial charge in [0.1, 0.15) is 0 Å². The van der Waals surface area contributed by atoms with Gasteiger partial charge in [-0.1, -0.05) is 35.0 Å². The Labute approximate surface area is 130 Å². The fourth-order valence-electron chi connectivity index (χ4n) is 2.75. The van der Waals surface area contributed by atoms with Crippen LogP contribution in [0.2, 0.25) is 0 Å². The molecule has 0 bridgehead atoms.